The van der Waals surface area contributed by atoms with Crippen LogP contribution in [0.2, 0.25) is 0 Å². The summed E-state index contributed by atoms with van der Waals surface area (Å²) in [5.41, 5.74) is 3.19. The number of ether oxygens (including phenoxy) is 1. The van der Waals surface area contributed by atoms with E-state index in [-0.39, 0.29) is 17.3 Å². The zero-order valence-corrected chi connectivity index (χ0v) is 20.0. The third-order valence-corrected chi connectivity index (χ3v) is 7.74. The lowest BCUT2D eigenvalue weighted by atomic mass is 10.0. The van der Waals surface area contributed by atoms with E-state index >= 15 is 0 Å². The molecule has 1 aliphatic rings. The molecule has 1 heterocycles. The predicted octanol–water partition coefficient (Wildman–Crippen LogP) is 4.59. The molecule has 34 heavy (non-hydrogen) atoms. The van der Waals surface area contributed by atoms with Crippen LogP contribution in [0, 0.1) is 0 Å². The lowest BCUT2D eigenvalue weighted by Gasteiger charge is -2.26. The second-order valence-electron chi connectivity index (χ2n) is 8.14. The van der Waals surface area contributed by atoms with Gasteiger partial charge in [0.25, 0.3) is 0 Å². The molecule has 4 rings (SSSR count). The number of benzene rings is 3. The number of carbonyl (C=O) groups is 1. The minimum Gasteiger partial charge on any atom is -0.495 e. The van der Waals surface area contributed by atoms with Crippen LogP contribution in [0.5, 0.6) is 5.75 Å². The summed E-state index contributed by atoms with van der Waals surface area (Å²) in [6, 6.07) is 22.3. The molecule has 0 unspecified atom stereocenters. The molecule has 0 spiro atoms. The van der Waals surface area contributed by atoms with Gasteiger partial charge in [-0.3, -0.25) is 4.79 Å². The quantitative estimate of drug-likeness (QED) is 0.494. The number of hydrogen-bond acceptors (Lipinski definition) is 5. The Hall–Kier alpha value is -3.36. The van der Waals surface area contributed by atoms with Crippen molar-refractivity contribution in [1.29, 1.82) is 0 Å². The molecule has 178 valence electrons. The summed E-state index contributed by atoms with van der Waals surface area (Å²) in [7, 11) is -2.14. The number of nitrogens with one attached hydrogen (secondary N) is 2. The topological polar surface area (TPSA) is 87.7 Å². The van der Waals surface area contributed by atoms with E-state index in [9.17, 15) is 13.2 Å². The Labute approximate surface area is 200 Å². The maximum atomic E-state index is 13.1. The van der Waals surface area contributed by atoms with Crippen LogP contribution in [-0.2, 0) is 14.8 Å². The monoisotopic (exact) mass is 479 g/mol. The molecule has 0 saturated carbocycles. The molecule has 3 aromatic carbocycles. The molecule has 1 amide bonds. The van der Waals surface area contributed by atoms with Gasteiger partial charge in [0.1, 0.15) is 5.75 Å². The Morgan fingerprint density at radius 1 is 0.912 bits per heavy atom. The summed E-state index contributed by atoms with van der Waals surface area (Å²) >= 11 is 0. The van der Waals surface area contributed by atoms with Gasteiger partial charge in [-0.2, -0.15) is 4.31 Å². The number of rotatable bonds is 8. The fourth-order valence-corrected chi connectivity index (χ4v) is 5.62. The van der Waals surface area contributed by atoms with Gasteiger partial charge in [-0.1, -0.05) is 55.0 Å². The van der Waals surface area contributed by atoms with Crippen LogP contribution in [0.3, 0.4) is 0 Å². The largest absolute Gasteiger partial charge is 0.495 e. The van der Waals surface area contributed by atoms with Crippen molar-refractivity contribution in [1.82, 2.24) is 4.31 Å². The van der Waals surface area contributed by atoms with Gasteiger partial charge in [-0.25, -0.2) is 8.42 Å². The van der Waals surface area contributed by atoms with Crippen LogP contribution in [0.4, 0.5) is 11.4 Å². The second kappa shape index (κ2) is 10.7. The number of methoxy groups -OCH3 is 1. The number of anilines is 2. The lowest BCUT2D eigenvalue weighted by molar-refractivity contribution is -0.114. The number of carbonyl (C=O) groups excluding carboxylic acids is 1. The summed E-state index contributed by atoms with van der Waals surface area (Å²) in [5.74, 6) is 0.0873. The van der Waals surface area contributed by atoms with Gasteiger partial charge in [0.2, 0.25) is 15.9 Å². The molecule has 1 fully saturated rings. The fourth-order valence-electron chi connectivity index (χ4n) is 4.08. The first-order chi connectivity index (χ1) is 16.5. The first-order valence-electron chi connectivity index (χ1n) is 11.4. The summed E-state index contributed by atoms with van der Waals surface area (Å²) < 4.78 is 33.0. The van der Waals surface area contributed by atoms with Gasteiger partial charge in [0.05, 0.1) is 24.2 Å². The number of para-hydroxylation sites is 1. The zero-order valence-electron chi connectivity index (χ0n) is 19.2. The highest BCUT2D eigenvalue weighted by molar-refractivity contribution is 7.89. The van der Waals surface area contributed by atoms with E-state index < -0.39 is 10.0 Å². The van der Waals surface area contributed by atoms with Crippen LogP contribution in [0.1, 0.15) is 19.3 Å². The smallest absolute Gasteiger partial charge is 0.243 e. The SMILES string of the molecule is COc1ccc(S(=O)(=O)N2CCCCC2)cc1NC(=O)CNc1ccccc1-c1ccccc1. The van der Waals surface area contributed by atoms with Gasteiger partial charge in [-0.05, 0) is 42.7 Å². The summed E-state index contributed by atoms with van der Waals surface area (Å²) in [4.78, 5) is 12.9. The molecule has 8 heteroatoms. The fraction of sp³-hybridized carbons (Fsp3) is 0.269. The zero-order chi connectivity index (χ0) is 24.0. The summed E-state index contributed by atoms with van der Waals surface area (Å²) in [5, 5.41) is 5.98. The molecular weight excluding hydrogens is 450 g/mol. The van der Waals surface area contributed by atoms with E-state index in [4.69, 9.17) is 4.74 Å². The second-order valence-corrected chi connectivity index (χ2v) is 10.1. The van der Waals surface area contributed by atoms with Crippen molar-refractivity contribution in [3.05, 3.63) is 72.8 Å². The van der Waals surface area contributed by atoms with Crippen molar-refractivity contribution in [2.75, 3.05) is 37.4 Å². The van der Waals surface area contributed by atoms with Crippen molar-refractivity contribution >= 4 is 27.3 Å². The maximum Gasteiger partial charge on any atom is 0.243 e. The third-order valence-electron chi connectivity index (χ3n) is 5.85. The van der Waals surface area contributed by atoms with E-state index in [1.54, 1.807) is 6.07 Å². The van der Waals surface area contributed by atoms with Gasteiger partial charge >= 0.3 is 0 Å². The van der Waals surface area contributed by atoms with E-state index in [1.165, 1.54) is 23.5 Å². The van der Waals surface area contributed by atoms with Crippen molar-refractivity contribution in [2.24, 2.45) is 0 Å². The van der Waals surface area contributed by atoms with E-state index in [2.05, 4.69) is 10.6 Å². The van der Waals surface area contributed by atoms with Crippen molar-refractivity contribution < 1.29 is 17.9 Å². The molecule has 0 aliphatic carbocycles. The van der Waals surface area contributed by atoms with Crippen LogP contribution in [0.15, 0.2) is 77.7 Å². The standard InChI is InChI=1S/C26H29N3O4S/c1-33-25-15-14-21(34(31,32)29-16-8-3-9-17-29)18-24(25)28-26(30)19-27-23-13-7-6-12-22(23)20-10-4-2-5-11-20/h2,4-7,10-15,18,27H,3,8-9,16-17,19H2,1H3,(H,28,30). The minimum atomic E-state index is -3.63. The predicted molar refractivity (Wildman–Crippen MR) is 135 cm³/mol. The first-order valence-corrected chi connectivity index (χ1v) is 12.8. The molecule has 1 aliphatic heterocycles. The molecule has 0 bridgehead atoms. The maximum absolute atomic E-state index is 13.1. The number of sulfonamides is 1. The normalized spacial score (nSPS) is 14.4. The molecule has 0 aromatic heterocycles. The summed E-state index contributed by atoms with van der Waals surface area (Å²) in [6.07, 6.45) is 2.75. The minimum absolute atomic E-state index is 0.0100. The molecule has 0 atom stereocenters. The number of hydrogen-bond donors (Lipinski definition) is 2. The van der Waals surface area contributed by atoms with Crippen LogP contribution < -0.4 is 15.4 Å². The highest BCUT2D eigenvalue weighted by atomic mass is 32.2. The Bertz CT molecular complexity index is 1240. The molecule has 1 saturated heterocycles. The van der Waals surface area contributed by atoms with Crippen LogP contribution in [0.25, 0.3) is 11.1 Å². The van der Waals surface area contributed by atoms with E-state index in [1.807, 2.05) is 54.6 Å². The van der Waals surface area contributed by atoms with Gasteiger partial charge in [0, 0.05) is 24.3 Å². The highest BCUT2D eigenvalue weighted by Crippen LogP contribution is 2.30. The lowest BCUT2D eigenvalue weighted by Crippen LogP contribution is -2.35. The average Bonchev–Trinajstić information content (AvgIpc) is 2.88. The molecular formula is C26H29N3O4S. The summed E-state index contributed by atoms with van der Waals surface area (Å²) in [6.45, 7) is 1.04. The first kappa shape index (κ1) is 23.8. The Morgan fingerprint density at radius 3 is 2.35 bits per heavy atom. The Kier molecular flexibility index (Phi) is 7.49. The highest BCUT2D eigenvalue weighted by Gasteiger charge is 2.27. The molecule has 0 radical (unpaired) electrons. The van der Waals surface area contributed by atoms with E-state index in [0.29, 0.717) is 24.5 Å². The number of nitrogens with zero attached hydrogens (tertiary/aromatic N) is 1. The molecule has 2 N–H and O–H groups in total. The van der Waals surface area contributed by atoms with Crippen molar-refractivity contribution in [2.45, 2.75) is 24.2 Å². The molecule has 7 nitrogen and oxygen atoms in total. The van der Waals surface area contributed by atoms with E-state index in [0.717, 1.165) is 36.1 Å². The Balaban J connectivity index is 1.49. The van der Waals surface area contributed by atoms with Crippen LogP contribution >= 0.6 is 0 Å². The van der Waals surface area contributed by atoms with Gasteiger partial charge in [-0.15, -0.1) is 0 Å². The average molecular weight is 480 g/mol. The van der Waals surface area contributed by atoms with Crippen molar-refractivity contribution in [3.63, 3.8) is 0 Å². The molecule has 3 aromatic rings. The number of piperidine rings is 1. The van der Waals surface area contributed by atoms with Gasteiger partial charge < -0.3 is 15.4 Å². The van der Waals surface area contributed by atoms with Crippen molar-refractivity contribution in [3.8, 4) is 16.9 Å². The number of amides is 1. The van der Waals surface area contributed by atoms with Crippen LogP contribution in [-0.4, -0.2) is 45.4 Å². The third kappa shape index (κ3) is 5.40. The van der Waals surface area contributed by atoms with Gasteiger partial charge in [0.15, 0.2) is 0 Å². The Morgan fingerprint density at radius 2 is 1.62 bits per heavy atom.